The van der Waals surface area contributed by atoms with Crippen molar-refractivity contribution in [3.63, 3.8) is 0 Å². The molecule has 2 N–H and O–H groups in total. The van der Waals surface area contributed by atoms with Gasteiger partial charge in [0.25, 0.3) is 0 Å². The van der Waals surface area contributed by atoms with Crippen molar-refractivity contribution in [1.82, 2.24) is 30.4 Å². The van der Waals surface area contributed by atoms with Crippen LogP contribution in [0.15, 0.2) is 0 Å². The Morgan fingerprint density at radius 3 is 2.95 bits per heavy atom. The molecule has 19 heavy (non-hydrogen) atoms. The summed E-state index contributed by atoms with van der Waals surface area (Å²) in [5.74, 6) is -0.517. The maximum Gasteiger partial charge on any atom is 0.322 e. The number of nitrogens with one attached hydrogen (secondary N) is 1. The molecule has 0 spiro atoms. The predicted octanol–water partition coefficient (Wildman–Crippen LogP) is -1.61. The highest BCUT2D eigenvalue weighted by Crippen LogP contribution is 2.34. The summed E-state index contributed by atoms with van der Waals surface area (Å²) in [5.41, 5.74) is 0. The third kappa shape index (κ3) is 2.41. The van der Waals surface area contributed by atoms with Gasteiger partial charge in [-0.05, 0) is 23.3 Å². The van der Waals surface area contributed by atoms with Crippen LogP contribution in [-0.2, 0) is 16.1 Å². The van der Waals surface area contributed by atoms with E-state index in [0.717, 1.165) is 12.8 Å². The van der Waals surface area contributed by atoms with Gasteiger partial charge in [-0.15, -0.1) is 5.10 Å². The first-order valence-electron chi connectivity index (χ1n) is 6.15. The molecule has 1 saturated carbocycles. The van der Waals surface area contributed by atoms with Crippen LogP contribution in [0.1, 0.15) is 24.7 Å². The molecule has 1 atom stereocenters. The predicted molar refractivity (Wildman–Crippen MR) is 60.9 cm³/mol. The molecular formula is C10H14N6O3. The van der Waals surface area contributed by atoms with Gasteiger partial charge in [0, 0.05) is 6.54 Å². The summed E-state index contributed by atoms with van der Waals surface area (Å²) < 4.78 is 1.73. The lowest BCUT2D eigenvalue weighted by atomic mass is 10.2. The van der Waals surface area contributed by atoms with Crippen LogP contribution in [0.2, 0.25) is 0 Å². The third-order valence-corrected chi connectivity index (χ3v) is 3.36. The van der Waals surface area contributed by atoms with Crippen LogP contribution in [0, 0.1) is 0 Å². The molecule has 0 bridgehead atoms. The fraction of sp³-hybridized carbons (Fsp3) is 0.700. The number of hydrogen-bond donors (Lipinski definition) is 2. The maximum absolute atomic E-state index is 11.4. The average molecular weight is 266 g/mol. The molecular weight excluding hydrogens is 252 g/mol. The van der Waals surface area contributed by atoms with Crippen LogP contribution in [0.4, 0.5) is 0 Å². The number of piperazine rings is 1. The van der Waals surface area contributed by atoms with Gasteiger partial charge in [-0.2, -0.15) is 0 Å². The van der Waals surface area contributed by atoms with Crippen molar-refractivity contribution < 1.29 is 14.7 Å². The topological polar surface area (TPSA) is 113 Å². The maximum atomic E-state index is 11.4. The van der Waals surface area contributed by atoms with E-state index >= 15 is 0 Å². The first-order chi connectivity index (χ1) is 9.15. The second kappa shape index (κ2) is 4.57. The fourth-order valence-electron chi connectivity index (χ4n) is 2.20. The van der Waals surface area contributed by atoms with Crippen molar-refractivity contribution in [2.75, 3.05) is 13.1 Å². The molecule has 9 nitrogen and oxygen atoms in total. The van der Waals surface area contributed by atoms with E-state index in [2.05, 4.69) is 20.8 Å². The van der Waals surface area contributed by atoms with Crippen LogP contribution in [0.3, 0.4) is 0 Å². The summed E-state index contributed by atoms with van der Waals surface area (Å²) in [7, 11) is 0. The molecule has 1 amide bonds. The minimum absolute atomic E-state index is 0.0501. The van der Waals surface area contributed by atoms with Crippen molar-refractivity contribution in [3.05, 3.63) is 5.82 Å². The van der Waals surface area contributed by atoms with E-state index in [1.807, 2.05) is 0 Å². The first kappa shape index (κ1) is 12.0. The first-order valence-corrected chi connectivity index (χ1v) is 6.15. The van der Waals surface area contributed by atoms with Crippen LogP contribution >= 0.6 is 0 Å². The molecule has 1 aliphatic heterocycles. The van der Waals surface area contributed by atoms with Crippen molar-refractivity contribution in [2.24, 2.45) is 0 Å². The smallest absolute Gasteiger partial charge is 0.322 e. The Morgan fingerprint density at radius 2 is 2.26 bits per heavy atom. The highest BCUT2D eigenvalue weighted by molar-refractivity contribution is 5.83. The summed E-state index contributed by atoms with van der Waals surface area (Å²) in [6.45, 7) is 0.432. The van der Waals surface area contributed by atoms with E-state index in [9.17, 15) is 9.59 Å². The lowest BCUT2D eigenvalue weighted by Crippen LogP contribution is -2.57. The molecule has 2 fully saturated rings. The number of amides is 1. The number of aliphatic carboxylic acids is 1. The standard InChI is InChI=1S/C10H14N6O3/c17-9-5-15(7(3-11-9)10(18)19)4-8-12-13-14-16(8)6-1-2-6/h6-7H,1-5H2,(H,11,17)(H,18,19). The largest absolute Gasteiger partial charge is 0.480 e. The minimum Gasteiger partial charge on any atom is -0.480 e. The lowest BCUT2D eigenvalue weighted by molar-refractivity contribution is -0.146. The Bertz CT molecular complexity index is 511. The number of hydrogen-bond acceptors (Lipinski definition) is 6. The summed E-state index contributed by atoms with van der Waals surface area (Å²) in [6, 6.07) is -0.408. The lowest BCUT2D eigenvalue weighted by Gasteiger charge is -2.31. The number of carbonyl (C=O) groups excluding carboxylic acids is 1. The Kier molecular flexibility index (Phi) is 2.90. The Hall–Kier alpha value is -2.03. The summed E-state index contributed by atoms with van der Waals surface area (Å²) in [5, 5.41) is 23.2. The van der Waals surface area contributed by atoms with E-state index in [-0.39, 0.29) is 25.5 Å². The molecule has 3 rings (SSSR count). The van der Waals surface area contributed by atoms with Crippen LogP contribution in [-0.4, -0.2) is 61.2 Å². The fourth-order valence-corrected chi connectivity index (χ4v) is 2.20. The van der Waals surface area contributed by atoms with Gasteiger partial charge >= 0.3 is 5.97 Å². The van der Waals surface area contributed by atoms with E-state index in [1.54, 1.807) is 9.58 Å². The van der Waals surface area contributed by atoms with Crippen LogP contribution in [0.5, 0.6) is 0 Å². The van der Waals surface area contributed by atoms with E-state index in [1.165, 1.54) is 0 Å². The molecule has 1 aromatic heterocycles. The van der Waals surface area contributed by atoms with Gasteiger partial charge in [-0.1, -0.05) is 0 Å². The Labute approximate surface area is 108 Å². The monoisotopic (exact) mass is 266 g/mol. The van der Waals surface area contributed by atoms with Gasteiger partial charge in [-0.3, -0.25) is 14.5 Å². The summed E-state index contributed by atoms with van der Waals surface area (Å²) >= 11 is 0. The van der Waals surface area contributed by atoms with Crippen molar-refractivity contribution in [2.45, 2.75) is 31.5 Å². The molecule has 1 aromatic rings. The number of carbonyl (C=O) groups is 2. The molecule has 0 radical (unpaired) electrons. The normalized spacial score (nSPS) is 24.2. The molecule has 1 saturated heterocycles. The zero-order chi connectivity index (χ0) is 13.4. The molecule has 2 aliphatic rings. The van der Waals surface area contributed by atoms with Crippen LogP contribution < -0.4 is 5.32 Å². The zero-order valence-electron chi connectivity index (χ0n) is 10.2. The summed E-state index contributed by atoms with van der Waals surface area (Å²) in [6.07, 6.45) is 2.09. The quantitative estimate of drug-likeness (QED) is 0.674. The van der Waals surface area contributed by atoms with Gasteiger partial charge in [0.05, 0.1) is 19.1 Å². The molecule has 0 aromatic carbocycles. The average Bonchev–Trinajstić information content (AvgIpc) is 3.10. The summed E-state index contributed by atoms with van der Waals surface area (Å²) in [4.78, 5) is 24.2. The van der Waals surface area contributed by atoms with E-state index in [4.69, 9.17) is 5.11 Å². The van der Waals surface area contributed by atoms with E-state index in [0.29, 0.717) is 11.9 Å². The zero-order valence-corrected chi connectivity index (χ0v) is 10.2. The van der Waals surface area contributed by atoms with E-state index < -0.39 is 12.0 Å². The molecule has 2 heterocycles. The number of carboxylic acids is 1. The third-order valence-electron chi connectivity index (χ3n) is 3.36. The second-order valence-electron chi connectivity index (χ2n) is 4.83. The minimum atomic E-state index is -0.953. The van der Waals surface area contributed by atoms with Gasteiger partial charge in [0.2, 0.25) is 5.91 Å². The van der Waals surface area contributed by atoms with Gasteiger partial charge in [-0.25, -0.2) is 4.68 Å². The highest BCUT2D eigenvalue weighted by atomic mass is 16.4. The number of carboxylic acid groups (broad SMARTS) is 1. The number of rotatable bonds is 4. The van der Waals surface area contributed by atoms with Crippen molar-refractivity contribution in [1.29, 1.82) is 0 Å². The number of aromatic nitrogens is 4. The molecule has 9 heteroatoms. The number of tetrazole rings is 1. The van der Waals surface area contributed by atoms with Crippen molar-refractivity contribution in [3.8, 4) is 0 Å². The Balaban J connectivity index is 1.76. The SMILES string of the molecule is O=C1CN(Cc2nnnn2C2CC2)C(C(=O)O)CN1. The van der Waals surface area contributed by atoms with Gasteiger partial charge < -0.3 is 10.4 Å². The second-order valence-corrected chi connectivity index (χ2v) is 4.83. The molecule has 1 aliphatic carbocycles. The molecule has 1 unspecified atom stereocenters. The van der Waals surface area contributed by atoms with Crippen LogP contribution in [0.25, 0.3) is 0 Å². The Morgan fingerprint density at radius 1 is 1.47 bits per heavy atom. The molecule has 102 valence electrons. The van der Waals surface area contributed by atoms with Gasteiger partial charge in [0.1, 0.15) is 6.04 Å². The van der Waals surface area contributed by atoms with Gasteiger partial charge in [0.15, 0.2) is 5.82 Å². The van der Waals surface area contributed by atoms with Crippen molar-refractivity contribution >= 4 is 11.9 Å². The highest BCUT2D eigenvalue weighted by Gasteiger charge is 2.34. The number of nitrogens with zero attached hydrogens (tertiary/aromatic N) is 5.